The number of rotatable bonds is 6. The van der Waals surface area contributed by atoms with Crippen molar-refractivity contribution in [2.24, 2.45) is 0 Å². The van der Waals surface area contributed by atoms with Crippen LogP contribution in [0.5, 0.6) is 0 Å². The Balaban J connectivity index is 1.85. The van der Waals surface area contributed by atoms with Crippen LogP contribution < -0.4 is 5.32 Å². The van der Waals surface area contributed by atoms with E-state index in [1.165, 1.54) is 14.0 Å². The molecule has 0 aliphatic carbocycles. The minimum atomic E-state index is -0.812. The second-order valence-corrected chi connectivity index (χ2v) is 5.93. The van der Waals surface area contributed by atoms with Crippen LogP contribution in [0.4, 0.5) is 0 Å². The van der Waals surface area contributed by atoms with E-state index in [2.05, 4.69) is 10.1 Å². The highest BCUT2D eigenvalue weighted by Gasteiger charge is 2.18. The Labute approximate surface area is 156 Å². The molecule has 2 aromatic carbocycles. The molecule has 2 aromatic rings. The molecule has 136 valence electrons. The van der Waals surface area contributed by atoms with Gasteiger partial charge in [-0.3, -0.25) is 4.79 Å². The average Bonchev–Trinajstić information content (AvgIpc) is 2.66. The summed E-state index contributed by atoms with van der Waals surface area (Å²) in [4.78, 5) is 35.5. The Hall–Kier alpha value is -2.86. The molecule has 1 N–H and O–H groups in total. The first kappa shape index (κ1) is 19.5. The largest absolute Gasteiger partial charge is 0.465 e. The topological polar surface area (TPSA) is 81.7 Å². The van der Waals surface area contributed by atoms with E-state index in [4.69, 9.17) is 16.3 Å². The molecular formula is C19H18ClNO5. The highest BCUT2D eigenvalue weighted by molar-refractivity contribution is 6.30. The van der Waals surface area contributed by atoms with Gasteiger partial charge in [0.1, 0.15) is 12.6 Å². The molecular weight excluding hydrogens is 358 g/mol. The van der Waals surface area contributed by atoms with Gasteiger partial charge < -0.3 is 14.8 Å². The number of carbonyl (C=O) groups excluding carboxylic acids is 3. The third-order valence-corrected chi connectivity index (χ3v) is 3.82. The minimum Gasteiger partial charge on any atom is -0.465 e. The maximum Gasteiger partial charge on any atom is 0.337 e. The molecule has 0 aromatic heterocycles. The van der Waals surface area contributed by atoms with Gasteiger partial charge in [-0.15, -0.1) is 0 Å². The van der Waals surface area contributed by atoms with Gasteiger partial charge >= 0.3 is 11.9 Å². The monoisotopic (exact) mass is 375 g/mol. The first-order valence-electron chi connectivity index (χ1n) is 7.81. The minimum absolute atomic E-state index is 0.0292. The number of hydrogen-bond acceptors (Lipinski definition) is 5. The summed E-state index contributed by atoms with van der Waals surface area (Å²) in [7, 11) is 1.30. The lowest BCUT2D eigenvalue weighted by Crippen LogP contribution is -2.39. The summed E-state index contributed by atoms with van der Waals surface area (Å²) >= 11 is 5.78. The number of halogens is 1. The quantitative estimate of drug-likeness (QED) is 0.785. The van der Waals surface area contributed by atoms with Crippen LogP contribution in [0.15, 0.2) is 48.5 Å². The molecule has 1 atom stereocenters. The Morgan fingerprint density at radius 3 is 2.15 bits per heavy atom. The third kappa shape index (κ3) is 5.32. The van der Waals surface area contributed by atoms with Gasteiger partial charge in [0.15, 0.2) is 0 Å². The molecule has 0 aliphatic heterocycles. The van der Waals surface area contributed by atoms with Crippen LogP contribution in [0.3, 0.4) is 0 Å². The number of nitrogens with one attached hydrogen (secondary N) is 1. The van der Waals surface area contributed by atoms with Crippen molar-refractivity contribution in [2.45, 2.75) is 19.6 Å². The first-order valence-corrected chi connectivity index (χ1v) is 8.19. The molecule has 1 amide bonds. The zero-order valence-electron chi connectivity index (χ0n) is 14.3. The Morgan fingerprint density at radius 1 is 1.00 bits per heavy atom. The third-order valence-electron chi connectivity index (χ3n) is 3.56. The molecule has 0 fully saturated rings. The smallest absolute Gasteiger partial charge is 0.337 e. The molecule has 0 aliphatic rings. The van der Waals surface area contributed by atoms with E-state index >= 15 is 0 Å². The van der Waals surface area contributed by atoms with Crippen molar-refractivity contribution in [3.05, 3.63) is 70.2 Å². The van der Waals surface area contributed by atoms with Gasteiger partial charge in [0.05, 0.1) is 12.7 Å². The molecule has 2 rings (SSSR count). The molecule has 0 heterocycles. The molecule has 0 bridgehead atoms. The van der Waals surface area contributed by atoms with E-state index in [1.807, 2.05) is 0 Å². The van der Waals surface area contributed by atoms with Crippen molar-refractivity contribution >= 4 is 29.4 Å². The van der Waals surface area contributed by atoms with E-state index in [0.717, 1.165) is 0 Å². The number of ether oxygens (including phenoxy) is 2. The van der Waals surface area contributed by atoms with Crippen molar-refractivity contribution in [1.29, 1.82) is 0 Å². The fourth-order valence-electron chi connectivity index (χ4n) is 2.07. The Kier molecular flexibility index (Phi) is 6.74. The van der Waals surface area contributed by atoms with Crippen LogP contribution in [0.1, 0.15) is 33.2 Å². The number of hydrogen-bond donors (Lipinski definition) is 1. The summed E-state index contributed by atoms with van der Waals surface area (Å²) in [5, 5.41) is 3.09. The van der Waals surface area contributed by atoms with Crippen LogP contribution in [0, 0.1) is 0 Å². The summed E-state index contributed by atoms with van der Waals surface area (Å²) in [6.45, 7) is 1.57. The van der Waals surface area contributed by atoms with Crippen LogP contribution in [0.2, 0.25) is 5.02 Å². The fourth-order valence-corrected chi connectivity index (χ4v) is 2.20. The predicted molar refractivity (Wildman–Crippen MR) is 96.0 cm³/mol. The first-order chi connectivity index (χ1) is 12.4. The Morgan fingerprint density at radius 2 is 1.58 bits per heavy atom. The standard InChI is InChI=1S/C19H18ClNO5/c1-12(21-17(22)14-7-9-16(20)10-8-14)18(23)26-11-13-3-5-15(6-4-13)19(24)25-2/h3-10,12H,11H2,1-2H3,(H,21,22)/t12-/m0/s1. The molecule has 0 unspecified atom stereocenters. The second kappa shape index (κ2) is 9.01. The molecule has 0 saturated heterocycles. The highest BCUT2D eigenvalue weighted by atomic mass is 35.5. The summed E-state index contributed by atoms with van der Waals surface area (Å²) in [5.74, 6) is -1.40. The number of amides is 1. The van der Waals surface area contributed by atoms with Crippen molar-refractivity contribution in [2.75, 3.05) is 7.11 Å². The van der Waals surface area contributed by atoms with E-state index in [-0.39, 0.29) is 6.61 Å². The molecule has 6 nitrogen and oxygen atoms in total. The highest BCUT2D eigenvalue weighted by Crippen LogP contribution is 2.10. The van der Waals surface area contributed by atoms with Gasteiger partial charge in [0, 0.05) is 10.6 Å². The van der Waals surface area contributed by atoms with Crippen molar-refractivity contribution in [3.8, 4) is 0 Å². The van der Waals surface area contributed by atoms with Crippen LogP contribution in [0.25, 0.3) is 0 Å². The SMILES string of the molecule is COC(=O)c1ccc(COC(=O)[C@H](C)NC(=O)c2ccc(Cl)cc2)cc1. The van der Waals surface area contributed by atoms with Crippen LogP contribution in [-0.4, -0.2) is 31.0 Å². The zero-order chi connectivity index (χ0) is 19.1. The van der Waals surface area contributed by atoms with E-state index < -0.39 is 23.9 Å². The lowest BCUT2D eigenvalue weighted by atomic mass is 10.1. The Bertz CT molecular complexity index is 787. The van der Waals surface area contributed by atoms with Gasteiger partial charge in [-0.25, -0.2) is 9.59 Å². The van der Waals surface area contributed by atoms with E-state index in [9.17, 15) is 14.4 Å². The predicted octanol–water partition coefficient (Wildman–Crippen LogP) is 2.99. The van der Waals surface area contributed by atoms with Gasteiger partial charge in [0.25, 0.3) is 5.91 Å². The summed E-state index contributed by atoms with van der Waals surface area (Å²) in [6, 6.07) is 12.0. The maximum atomic E-state index is 12.1. The summed E-state index contributed by atoms with van der Waals surface area (Å²) < 4.78 is 9.80. The van der Waals surface area contributed by atoms with Crippen molar-refractivity contribution in [3.63, 3.8) is 0 Å². The average molecular weight is 376 g/mol. The fraction of sp³-hybridized carbons (Fsp3) is 0.211. The number of benzene rings is 2. The molecule has 0 saturated carbocycles. The summed E-state index contributed by atoms with van der Waals surface area (Å²) in [5.41, 5.74) is 1.51. The summed E-state index contributed by atoms with van der Waals surface area (Å²) in [6.07, 6.45) is 0. The molecule has 0 radical (unpaired) electrons. The lowest BCUT2D eigenvalue weighted by molar-refractivity contribution is -0.146. The van der Waals surface area contributed by atoms with E-state index in [1.54, 1.807) is 48.5 Å². The van der Waals surface area contributed by atoms with Crippen LogP contribution >= 0.6 is 11.6 Å². The van der Waals surface area contributed by atoms with E-state index in [0.29, 0.717) is 21.7 Å². The van der Waals surface area contributed by atoms with Gasteiger partial charge in [-0.05, 0) is 48.9 Å². The number of carbonyl (C=O) groups is 3. The maximum absolute atomic E-state index is 12.1. The van der Waals surface area contributed by atoms with Gasteiger partial charge in [0.2, 0.25) is 0 Å². The molecule has 7 heteroatoms. The van der Waals surface area contributed by atoms with Crippen molar-refractivity contribution < 1.29 is 23.9 Å². The second-order valence-electron chi connectivity index (χ2n) is 5.50. The number of methoxy groups -OCH3 is 1. The van der Waals surface area contributed by atoms with Gasteiger partial charge in [-0.1, -0.05) is 23.7 Å². The molecule has 26 heavy (non-hydrogen) atoms. The number of esters is 2. The molecule has 0 spiro atoms. The normalized spacial score (nSPS) is 11.3. The van der Waals surface area contributed by atoms with Gasteiger partial charge in [-0.2, -0.15) is 0 Å². The zero-order valence-corrected chi connectivity index (χ0v) is 15.1. The lowest BCUT2D eigenvalue weighted by Gasteiger charge is -2.13. The van der Waals surface area contributed by atoms with Crippen molar-refractivity contribution in [1.82, 2.24) is 5.32 Å². The van der Waals surface area contributed by atoms with Crippen LogP contribution in [-0.2, 0) is 20.9 Å².